The van der Waals surface area contributed by atoms with Gasteiger partial charge < -0.3 is 25.0 Å². The Kier molecular flexibility index (Phi) is 21.6. The number of benzene rings is 3. The van der Waals surface area contributed by atoms with Crippen molar-refractivity contribution in [1.82, 2.24) is 14.7 Å². The molecule has 3 aromatic rings. The smallest absolute Gasteiger partial charge is 0.209 e. The third-order valence-corrected chi connectivity index (χ3v) is 17.6. The highest BCUT2D eigenvalue weighted by atomic mass is 35.5. The van der Waals surface area contributed by atoms with Crippen molar-refractivity contribution in [2.24, 2.45) is 23.5 Å². The van der Waals surface area contributed by atoms with Crippen LogP contribution in [0.25, 0.3) is 0 Å². The number of carbonyl (C=O) groups is 2. The summed E-state index contributed by atoms with van der Waals surface area (Å²) in [5, 5.41) is 1.28. The Morgan fingerprint density at radius 3 is 2.34 bits per heavy atom. The molecular formula is C55H80ClN5O4S2. The third kappa shape index (κ3) is 14.9. The molecule has 2 saturated carbocycles. The van der Waals surface area contributed by atoms with Gasteiger partial charge in [0, 0.05) is 98.0 Å². The number of rotatable bonds is 10. The van der Waals surface area contributed by atoms with Gasteiger partial charge in [-0.1, -0.05) is 108 Å². The van der Waals surface area contributed by atoms with Crippen LogP contribution in [-0.2, 0) is 20.7 Å². The van der Waals surface area contributed by atoms with Gasteiger partial charge in [0.05, 0.1) is 12.3 Å². The normalized spacial score (nSPS) is 27.6. The standard InChI is InChI=1S/C41H57ClN4O3S.C9H12S.C4H8.CH3NO/c1-5-7-31-20-34(42)10-12-37(31)33-23-46-22-32-9-13-38(32)41(48-4,27-43-16-18-45-19-17-44(28-47)25-35(45)24-43)15-6-8-29(2)30(3)50-36-11-14-40(49-26-33)39(46)21-36;1-2-8-10-9-6-4-3-5-7-9;1-2-4-3-1;2-1-3/h6,10-12,14-15,20-21,28-30,32-33,35,38H,5,7-9,13,16-19,22-27H2,1-4H3;3-7H,2,8H2,1H3;1-4H2;1H,(H2,2,3)/b15-6+;;;. The number of nitrogens with zero attached hydrogens (tertiary/aromatic N) is 4. The second-order valence-corrected chi connectivity index (χ2v) is 22.5. The molecule has 12 heteroatoms. The second-order valence-electron chi connectivity index (χ2n) is 19.4. The lowest BCUT2D eigenvalue weighted by atomic mass is 9.63. The Morgan fingerprint density at radius 2 is 1.67 bits per heavy atom. The number of allylic oxidation sites excluding steroid dienone is 1. The van der Waals surface area contributed by atoms with E-state index in [0.717, 1.165) is 95.3 Å². The number of halogens is 1. The van der Waals surface area contributed by atoms with Gasteiger partial charge in [-0.2, -0.15) is 0 Å². The summed E-state index contributed by atoms with van der Waals surface area (Å²) in [5.74, 6) is 3.92. The summed E-state index contributed by atoms with van der Waals surface area (Å²) in [4.78, 5) is 32.8. The molecule has 2 N–H and O–H groups in total. The number of ether oxygens (including phenoxy) is 2. The largest absolute Gasteiger partial charge is 0.491 e. The fourth-order valence-electron chi connectivity index (χ4n) is 10.3. The van der Waals surface area contributed by atoms with Gasteiger partial charge in [-0.15, -0.1) is 23.5 Å². The molecule has 2 aliphatic carbocycles. The van der Waals surface area contributed by atoms with Crippen molar-refractivity contribution in [3.63, 3.8) is 0 Å². The topological polar surface area (TPSA) is 91.6 Å². The summed E-state index contributed by atoms with van der Waals surface area (Å²) in [5.41, 5.74) is 7.76. The van der Waals surface area contributed by atoms with E-state index < -0.39 is 0 Å². The molecule has 6 aliphatic rings. The highest BCUT2D eigenvalue weighted by Gasteiger charge is 2.49. The fourth-order valence-corrected chi connectivity index (χ4v) is 12.4. The number of nitrogens with two attached hydrogens (primary N) is 1. The summed E-state index contributed by atoms with van der Waals surface area (Å²) in [6.45, 7) is 18.4. The summed E-state index contributed by atoms with van der Waals surface area (Å²) in [6, 6.07) is 24.3. The van der Waals surface area contributed by atoms with Crippen LogP contribution < -0.4 is 15.4 Å². The van der Waals surface area contributed by atoms with Crippen LogP contribution in [0, 0.1) is 17.8 Å². The number of amides is 2. The summed E-state index contributed by atoms with van der Waals surface area (Å²) < 4.78 is 13.5. The minimum atomic E-state index is -0.360. The Hall–Kier alpha value is -3.19. The maximum Gasteiger partial charge on any atom is 0.209 e. The quantitative estimate of drug-likeness (QED) is 0.121. The van der Waals surface area contributed by atoms with E-state index in [4.69, 9.17) is 25.9 Å². The number of thioether (sulfide) groups is 2. The first-order valence-corrected chi connectivity index (χ1v) is 27.6. The van der Waals surface area contributed by atoms with E-state index in [0.29, 0.717) is 35.7 Å². The highest BCUT2D eigenvalue weighted by Crippen LogP contribution is 2.48. The molecule has 2 bridgehead atoms. The zero-order valence-corrected chi connectivity index (χ0v) is 43.6. The lowest BCUT2D eigenvalue weighted by Gasteiger charge is -2.53. The average Bonchev–Trinajstić information content (AvgIpc) is 3.48. The molecule has 7 unspecified atom stereocenters. The zero-order chi connectivity index (χ0) is 47.6. The molecule has 4 aliphatic heterocycles. The van der Waals surface area contributed by atoms with Crippen LogP contribution in [0.15, 0.2) is 88.7 Å². The minimum absolute atomic E-state index is 0.249. The number of piperazine rings is 2. The molecule has 67 heavy (non-hydrogen) atoms. The third-order valence-electron chi connectivity index (χ3n) is 14.8. The van der Waals surface area contributed by atoms with E-state index in [1.165, 1.54) is 77.3 Å². The van der Waals surface area contributed by atoms with Crippen molar-refractivity contribution in [3.8, 4) is 5.75 Å². The predicted octanol–water partition coefficient (Wildman–Crippen LogP) is 11.1. The van der Waals surface area contributed by atoms with E-state index in [9.17, 15) is 4.79 Å². The molecule has 4 fully saturated rings. The van der Waals surface area contributed by atoms with Gasteiger partial charge in [0.1, 0.15) is 11.4 Å². The van der Waals surface area contributed by atoms with Gasteiger partial charge in [-0.25, -0.2) is 0 Å². The Labute approximate surface area is 417 Å². The Morgan fingerprint density at radius 1 is 0.910 bits per heavy atom. The minimum Gasteiger partial charge on any atom is -0.491 e. The molecule has 9 rings (SSSR count). The van der Waals surface area contributed by atoms with Crippen molar-refractivity contribution in [2.45, 2.75) is 125 Å². The molecule has 3 aromatic carbocycles. The molecule has 0 spiro atoms. The summed E-state index contributed by atoms with van der Waals surface area (Å²) in [7, 11) is 1.95. The van der Waals surface area contributed by atoms with Gasteiger partial charge in [-0.05, 0) is 109 Å². The SMILES string of the molecule is C1CCC1.CCCSc1ccccc1.CCCc1cc(Cl)ccc1C1COc2ccc3cc2N(C1)CC1CCC1C(CN1CCN2CCN(C=O)CC2C1)(OC)/C=C/CC(C)C(C)S3.NC=O. The monoisotopic (exact) mass is 974 g/mol. The number of methoxy groups -OCH3 is 1. The van der Waals surface area contributed by atoms with E-state index in [-0.39, 0.29) is 17.9 Å². The van der Waals surface area contributed by atoms with E-state index in [2.05, 4.69) is 127 Å². The van der Waals surface area contributed by atoms with Crippen molar-refractivity contribution < 1.29 is 19.1 Å². The summed E-state index contributed by atoms with van der Waals surface area (Å²) >= 11 is 10.4. The molecule has 0 aromatic heterocycles. The zero-order valence-electron chi connectivity index (χ0n) is 41.2. The number of primary amides is 1. The van der Waals surface area contributed by atoms with Crippen LogP contribution in [0.1, 0.15) is 103 Å². The number of aryl methyl sites for hydroxylation is 1. The van der Waals surface area contributed by atoms with Gasteiger partial charge in [0.15, 0.2) is 0 Å². The first-order valence-electron chi connectivity index (χ1n) is 25.3. The number of hydrogen-bond acceptors (Lipinski definition) is 9. The Bertz CT molecular complexity index is 1990. The van der Waals surface area contributed by atoms with Crippen molar-refractivity contribution in [2.75, 3.05) is 83.3 Å². The van der Waals surface area contributed by atoms with Crippen LogP contribution in [0.4, 0.5) is 5.69 Å². The number of fused-ring (bicyclic) bond motifs is 3. The molecule has 7 atom stereocenters. The van der Waals surface area contributed by atoms with Crippen molar-refractivity contribution >= 4 is 53.6 Å². The number of hydrogen-bond donors (Lipinski definition) is 1. The Balaban J connectivity index is 0.000000367. The van der Waals surface area contributed by atoms with Gasteiger partial charge in [-0.3, -0.25) is 19.4 Å². The number of carbonyl (C=O) groups excluding carboxylic acids is 2. The van der Waals surface area contributed by atoms with Gasteiger partial charge >= 0.3 is 0 Å². The van der Waals surface area contributed by atoms with Crippen LogP contribution in [0.5, 0.6) is 5.75 Å². The van der Waals surface area contributed by atoms with Crippen LogP contribution in [0.2, 0.25) is 5.02 Å². The van der Waals surface area contributed by atoms with Crippen LogP contribution >= 0.6 is 35.1 Å². The highest BCUT2D eigenvalue weighted by molar-refractivity contribution is 8.00. The molecule has 4 heterocycles. The first kappa shape index (κ1) is 53.2. The van der Waals surface area contributed by atoms with E-state index >= 15 is 0 Å². The average molecular weight is 975 g/mol. The number of anilines is 1. The first-order chi connectivity index (χ1) is 32.6. The lowest BCUT2D eigenvalue weighted by molar-refractivity contribution is -0.124. The van der Waals surface area contributed by atoms with Crippen LogP contribution in [-0.4, -0.2) is 123 Å². The maximum absolute atomic E-state index is 11.7. The molecule has 0 radical (unpaired) electrons. The van der Waals surface area contributed by atoms with Crippen LogP contribution in [0.3, 0.4) is 0 Å². The van der Waals surface area contributed by atoms with Gasteiger partial charge in [0.25, 0.3) is 0 Å². The maximum atomic E-state index is 11.7. The molecule has 2 amide bonds. The fraction of sp³-hybridized carbons (Fsp3) is 0.600. The molecular weight excluding hydrogens is 894 g/mol. The summed E-state index contributed by atoms with van der Waals surface area (Å²) in [6.07, 6.45) is 19.0. The van der Waals surface area contributed by atoms with Crippen molar-refractivity contribution in [3.05, 3.63) is 95.0 Å². The van der Waals surface area contributed by atoms with E-state index in [1.807, 2.05) is 35.5 Å². The molecule has 368 valence electrons. The van der Waals surface area contributed by atoms with Gasteiger partial charge in [0.2, 0.25) is 12.8 Å². The second kappa shape index (κ2) is 27.3. The van der Waals surface area contributed by atoms with E-state index in [1.54, 1.807) is 0 Å². The lowest BCUT2D eigenvalue weighted by Crippen LogP contribution is -2.64. The molecule has 9 nitrogen and oxygen atoms in total. The molecule has 2 saturated heterocycles. The van der Waals surface area contributed by atoms with Crippen molar-refractivity contribution in [1.29, 1.82) is 0 Å². The predicted molar refractivity (Wildman–Crippen MR) is 282 cm³/mol.